The second-order valence-electron chi connectivity index (χ2n) is 9.22. The molecule has 2 aliphatic rings. The monoisotopic (exact) mass is 514 g/mol. The number of rotatable bonds is 8. The van der Waals surface area contributed by atoms with Crippen LogP contribution in [0.5, 0.6) is 5.75 Å². The predicted octanol–water partition coefficient (Wildman–Crippen LogP) is 3.08. The average Bonchev–Trinajstić information content (AvgIpc) is 2.97. The minimum absolute atomic E-state index is 0.295. The predicted molar refractivity (Wildman–Crippen MR) is 144 cm³/mol. The van der Waals surface area contributed by atoms with Gasteiger partial charge in [0, 0.05) is 55.0 Å². The van der Waals surface area contributed by atoms with Gasteiger partial charge in [-0.05, 0) is 35.7 Å². The van der Waals surface area contributed by atoms with E-state index < -0.39 is 11.7 Å². The molecule has 2 heterocycles. The Morgan fingerprint density at radius 3 is 2.37 bits per heavy atom. The van der Waals surface area contributed by atoms with Gasteiger partial charge >= 0.3 is 0 Å². The van der Waals surface area contributed by atoms with Crippen LogP contribution in [-0.2, 0) is 14.3 Å². The standard InChI is InChI=1S/C29H30N4O5/c30-20-21-17-22(19-23(18-21)33-10-14-37-15-11-33)31-29(35)28(34)26-5-6-27(25-4-2-1-3-24(25)26)38-16-9-32-7-12-36-13-8-32/h1-6,17-19H,7-16H2,(H,31,35). The third-order valence-corrected chi connectivity index (χ3v) is 6.78. The lowest BCUT2D eigenvalue weighted by Gasteiger charge is -2.29. The van der Waals surface area contributed by atoms with Crippen molar-refractivity contribution in [2.75, 3.05) is 76.0 Å². The number of Topliss-reactive ketones (excluding diaryl/α,β-unsaturated/α-hetero) is 1. The van der Waals surface area contributed by atoms with Gasteiger partial charge < -0.3 is 24.4 Å². The van der Waals surface area contributed by atoms with Crippen molar-refractivity contribution in [3.05, 3.63) is 65.7 Å². The van der Waals surface area contributed by atoms with E-state index in [4.69, 9.17) is 14.2 Å². The van der Waals surface area contributed by atoms with Gasteiger partial charge in [0.15, 0.2) is 0 Å². The fourth-order valence-corrected chi connectivity index (χ4v) is 4.77. The zero-order valence-corrected chi connectivity index (χ0v) is 21.2. The van der Waals surface area contributed by atoms with Crippen LogP contribution >= 0.6 is 0 Å². The van der Waals surface area contributed by atoms with E-state index in [9.17, 15) is 14.9 Å². The average molecular weight is 515 g/mol. The van der Waals surface area contributed by atoms with Crippen LogP contribution < -0.4 is 15.0 Å². The summed E-state index contributed by atoms with van der Waals surface area (Å²) in [5, 5.41) is 13.6. The summed E-state index contributed by atoms with van der Waals surface area (Å²) in [6.45, 7) is 7.10. The van der Waals surface area contributed by atoms with Gasteiger partial charge in [-0.2, -0.15) is 5.26 Å². The second-order valence-corrected chi connectivity index (χ2v) is 9.22. The van der Waals surface area contributed by atoms with E-state index in [1.165, 1.54) is 0 Å². The first-order valence-corrected chi connectivity index (χ1v) is 12.8. The molecule has 0 unspecified atom stereocenters. The lowest BCUT2D eigenvalue weighted by molar-refractivity contribution is -0.112. The van der Waals surface area contributed by atoms with Crippen molar-refractivity contribution in [3.8, 4) is 11.8 Å². The number of anilines is 2. The number of nitrogens with one attached hydrogen (secondary N) is 1. The number of carbonyl (C=O) groups excluding carboxylic acids is 2. The summed E-state index contributed by atoms with van der Waals surface area (Å²) in [5.41, 5.74) is 1.90. The van der Waals surface area contributed by atoms with Gasteiger partial charge in [0.25, 0.3) is 11.7 Å². The number of hydrogen-bond acceptors (Lipinski definition) is 8. The first-order chi connectivity index (χ1) is 18.6. The van der Waals surface area contributed by atoms with E-state index in [0.29, 0.717) is 60.9 Å². The highest BCUT2D eigenvalue weighted by atomic mass is 16.5. The Kier molecular flexibility index (Phi) is 8.14. The Morgan fingerprint density at radius 2 is 1.63 bits per heavy atom. The van der Waals surface area contributed by atoms with Crippen LogP contribution in [0.25, 0.3) is 10.8 Å². The molecule has 0 radical (unpaired) electrons. The smallest absolute Gasteiger partial charge is 0.296 e. The van der Waals surface area contributed by atoms with E-state index in [-0.39, 0.29) is 0 Å². The third-order valence-electron chi connectivity index (χ3n) is 6.78. The summed E-state index contributed by atoms with van der Waals surface area (Å²) in [5.74, 6) is -0.752. The third kappa shape index (κ3) is 5.94. The molecule has 0 aromatic heterocycles. The molecule has 2 aliphatic heterocycles. The summed E-state index contributed by atoms with van der Waals surface area (Å²) < 4.78 is 16.9. The summed E-state index contributed by atoms with van der Waals surface area (Å²) in [7, 11) is 0. The highest BCUT2D eigenvalue weighted by molar-refractivity contribution is 6.48. The van der Waals surface area contributed by atoms with Crippen molar-refractivity contribution in [2.45, 2.75) is 0 Å². The van der Waals surface area contributed by atoms with Gasteiger partial charge in [0.1, 0.15) is 12.4 Å². The number of fused-ring (bicyclic) bond motifs is 1. The Morgan fingerprint density at radius 1 is 0.921 bits per heavy atom. The van der Waals surface area contributed by atoms with Gasteiger partial charge in [-0.1, -0.05) is 24.3 Å². The summed E-state index contributed by atoms with van der Waals surface area (Å²) in [4.78, 5) is 30.7. The molecule has 0 spiro atoms. The minimum atomic E-state index is -0.765. The number of hydrogen-bond donors (Lipinski definition) is 1. The summed E-state index contributed by atoms with van der Waals surface area (Å²) in [6.07, 6.45) is 0. The van der Waals surface area contributed by atoms with Crippen molar-refractivity contribution in [1.82, 2.24) is 4.90 Å². The van der Waals surface area contributed by atoms with Crippen LogP contribution in [0.1, 0.15) is 15.9 Å². The largest absolute Gasteiger partial charge is 0.492 e. The molecule has 1 N–H and O–H groups in total. The Hall–Kier alpha value is -3.97. The molecule has 38 heavy (non-hydrogen) atoms. The normalized spacial score (nSPS) is 16.1. The second kappa shape index (κ2) is 12.0. The number of benzene rings is 3. The molecule has 3 aromatic carbocycles. The highest BCUT2D eigenvalue weighted by Crippen LogP contribution is 2.30. The maximum absolute atomic E-state index is 13.3. The van der Waals surface area contributed by atoms with Gasteiger partial charge in [-0.25, -0.2) is 0 Å². The van der Waals surface area contributed by atoms with E-state index >= 15 is 0 Å². The number of morpholine rings is 2. The maximum atomic E-state index is 13.3. The fraction of sp³-hybridized carbons (Fsp3) is 0.345. The van der Waals surface area contributed by atoms with E-state index in [2.05, 4.69) is 21.2 Å². The molecular formula is C29H30N4O5. The SMILES string of the molecule is N#Cc1cc(NC(=O)C(=O)c2ccc(OCCN3CCOCC3)c3ccccc23)cc(N2CCOCC2)c1. The van der Waals surface area contributed by atoms with Crippen molar-refractivity contribution in [3.63, 3.8) is 0 Å². The van der Waals surface area contributed by atoms with Gasteiger partial charge in [-0.15, -0.1) is 0 Å². The number of ether oxygens (including phenoxy) is 3. The first-order valence-electron chi connectivity index (χ1n) is 12.8. The summed E-state index contributed by atoms with van der Waals surface area (Å²) in [6, 6.07) is 18.1. The topological polar surface area (TPSA) is 104 Å². The molecule has 3 aromatic rings. The minimum Gasteiger partial charge on any atom is -0.492 e. The van der Waals surface area contributed by atoms with E-state index in [0.717, 1.165) is 43.9 Å². The molecule has 9 heteroatoms. The Balaban J connectivity index is 1.32. The van der Waals surface area contributed by atoms with E-state index in [1.807, 2.05) is 24.3 Å². The van der Waals surface area contributed by atoms with Gasteiger partial charge in [-0.3, -0.25) is 14.5 Å². The molecule has 0 aliphatic carbocycles. The van der Waals surface area contributed by atoms with Crippen molar-refractivity contribution in [1.29, 1.82) is 5.26 Å². The van der Waals surface area contributed by atoms with Crippen LogP contribution in [0, 0.1) is 11.3 Å². The first kappa shape index (κ1) is 25.7. The number of nitrogens with zero attached hydrogens (tertiary/aromatic N) is 3. The highest BCUT2D eigenvalue weighted by Gasteiger charge is 2.21. The zero-order chi connectivity index (χ0) is 26.3. The fourth-order valence-electron chi connectivity index (χ4n) is 4.77. The molecule has 1 amide bonds. The number of amides is 1. The van der Waals surface area contributed by atoms with Crippen molar-refractivity contribution >= 4 is 33.8 Å². The number of ketones is 1. The van der Waals surface area contributed by atoms with Gasteiger partial charge in [0.2, 0.25) is 0 Å². The molecule has 5 rings (SSSR count). The molecule has 0 saturated carbocycles. The maximum Gasteiger partial charge on any atom is 0.296 e. The molecule has 0 atom stereocenters. The van der Waals surface area contributed by atoms with E-state index in [1.54, 1.807) is 30.3 Å². The zero-order valence-electron chi connectivity index (χ0n) is 21.2. The Bertz CT molecular complexity index is 1360. The lowest BCUT2D eigenvalue weighted by atomic mass is 10.00. The van der Waals surface area contributed by atoms with Crippen LogP contribution in [0.3, 0.4) is 0 Å². The quantitative estimate of drug-likeness (QED) is 0.361. The Labute approximate surface area is 221 Å². The molecule has 0 bridgehead atoms. The number of carbonyl (C=O) groups is 2. The van der Waals surface area contributed by atoms with Crippen LogP contribution in [0.4, 0.5) is 11.4 Å². The van der Waals surface area contributed by atoms with Crippen molar-refractivity contribution in [2.24, 2.45) is 0 Å². The van der Waals surface area contributed by atoms with Crippen LogP contribution in [0.2, 0.25) is 0 Å². The van der Waals surface area contributed by atoms with Crippen molar-refractivity contribution < 1.29 is 23.8 Å². The molecular weight excluding hydrogens is 484 g/mol. The molecule has 9 nitrogen and oxygen atoms in total. The van der Waals surface area contributed by atoms with Crippen LogP contribution in [0.15, 0.2) is 54.6 Å². The van der Waals surface area contributed by atoms with Crippen LogP contribution in [-0.4, -0.2) is 82.3 Å². The number of nitriles is 1. The lowest BCUT2D eigenvalue weighted by Crippen LogP contribution is -2.38. The summed E-state index contributed by atoms with van der Waals surface area (Å²) >= 11 is 0. The molecule has 2 fully saturated rings. The molecule has 196 valence electrons. The van der Waals surface area contributed by atoms with Gasteiger partial charge in [0.05, 0.1) is 38.1 Å². The molecule has 2 saturated heterocycles.